The Hall–Kier alpha value is -2.15. The van der Waals surface area contributed by atoms with E-state index in [-0.39, 0.29) is 24.2 Å². The Bertz CT molecular complexity index is 938. The van der Waals surface area contributed by atoms with Crippen LogP contribution >= 0.6 is 11.6 Å². The molecule has 168 valence electrons. The van der Waals surface area contributed by atoms with Crippen LogP contribution < -0.4 is 0 Å². The van der Waals surface area contributed by atoms with Gasteiger partial charge in [-0.25, -0.2) is 0 Å². The summed E-state index contributed by atoms with van der Waals surface area (Å²) in [7, 11) is 1.49. The van der Waals surface area contributed by atoms with Gasteiger partial charge in [-0.3, -0.25) is 14.5 Å². The molecule has 1 heterocycles. The lowest BCUT2D eigenvalue weighted by molar-refractivity contribution is -0.138. The number of carbonyl (C=O) groups excluding carboxylic acids is 2. The van der Waals surface area contributed by atoms with Crippen LogP contribution in [-0.2, 0) is 9.59 Å². The molecule has 6 nitrogen and oxygen atoms in total. The SMILES string of the molecule is CCC1=C([C@H](O)CC/C(C)=C/c2ccc(O)cc2Cl)[C@H](CO)[C@@H]2C(=O)N(C)C(=O)[C@@H]2C1. The smallest absolute Gasteiger partial charge is 0.233 e. The second kappa shape index (κ2) is 9.55. The highest BCUT2D eigenvalue weighted by atomic mass is 35.5. The van der Waals surface area contributed by atoms with Crippen LogP contribution in [0.3, 0.4) is 0 Å². The second-order valence-corrected chi connectivity index (χ2v) is 8.93. The number of fused-ring (bicyclic) bond motifs is 1. The Kier molecular flexibility index (Phi) is 7.24. The van der Waals surface area contributed by atoms with E-state index in [4.69, 9.17) is 11.6 Å². The van der Waals surface area contributed by atoms with E-state index in [0.717, 1.165) is 27.2 Å². The molecule has 3 rings (SSSR count). The number of rotatable bonds is 7. The first-order valence-electron chi connectivity index (χ1n) is 10.7. The van der Waals surface area contributed by atoms with Crippen LogP contribution in [0.2, 0.25) is 5.02 Å². The highest BCUT2D eigenvalue weighted by Crippen LogP contribution is 2.46. The highest BCUT2D eigenvalue weighted by molar-refractivity contribution is 6.32. The number of benzene rings is 1. The number of carbonyl (C=O) groups is 2. The molecule has 0 spiro atoms. The molecular formula is C24H30ClNO5. The fourth-order valence-electron chi connectivity index (χ4n) is 4.95. The molecule has 1 saturated heterocycles. The number of amides is 2. The van der Waals surface area contributed by atoms with Gasteiger partial charge in [0, 0.05) is 13.0 Å². The molecule has 7 heteroatoms. The van der Waals surface area contributed by atoms with Gasteiger partial charge in [-0.1, -0.05) is 35.7 Å². The third-order valence-electron chi connectivity index (χ3n) is 6.59. The van der Waals surface area contributed by atoms with E-state index in [9.17, 15) is 24.9 Å². The Labute approximate surface area is 187 Å². The zero-order valence-electron chi connectivity index (χ0n) is 18.1. The van der Waals surface area contributed by atoms with Crippen LogP contribution in [-0.4, -0.2) is 51.8 Å². The van der Waals surface area contributed by atoms with Crippen LogP contribution in [0.15, 0.2) is 34.9 Å². The Morgan fingerprint density at radius 1 is 1.32 bits per heavy atom. The second-order valence-electron chi connectivity index (χ2n) is 8.52. The normalized spacial score (nSPS) is 25.3. The number of likely N-dealkylation sites (tertiary alicyclic amines) is 1. The summed E-state index contributed by atoms with van der Waals surface area (Å²) >= 11 is 6.17. The van der Waals surface area contributed by atoms with Gasteiger partial charge in [-0.05, 0) is 61.9 Å². The summed E-state index contributed by atoms with van der Waals surface area (Å²) in [5, 5.41) is 31.1. The van der Waals surface area contributed by atoms with Gasteiger partial charge in [0.1, 0.15) is 5.75 Å². The molecular weight excluding hydrogens is 418 g/mol. The molecule has 1 aromatic carbocycles. The first-order valence-corrected chi connectivity index (χ1v) is 11.0. The lowest BCUT2D eigenvalue weighted by Crippen LogP contribution is -2.38. The number of phenolic OH excluding ortho intramolecular Hbond substituents is 1. The van der Waals surface area contributed by atoms with Crippen molar-refractivity contribution in [3.63, 3.8) is 0 Å². The third-order valence-corrected chi connectivity index (χ3v) is 6.91. The molecule has 31 heavy (non-hydrogen) atoms. The summed E-state index contributed by atoms with van der Waals surface area (Å²) in [6, 6.07) is 4.78. The maximum Gasteiger partial charge on any atom is 0.233 e. The number of aliphatic hydroxyl groups is 2. The minimum absolute atomic E-state index is 0.102. The molecule has 4 atom stereocenters. The summed E-state index contributed by atoms with van der Waals surface area (Å²) < 4.78 is 0. The van der Waals surface area contributed by atoms with Gasteiger partial charge in [-0.15, -0.1) is 0 Å². The number of aliphatic hydroxyl groups excluding tert-OH is 2. The topological polar surface area (TPSA) is 98.1 Å². The lowest BCUT2D eigenvalue weighted by atomic mass is 9.67. The molecule has 0 saturated carbocycles. The van der Waals surface area contributed by atoms with Gasteiger partial charge in [0.15, 0.2) is 0 Å². The minimum atomic E-state index is -0.805. The zero-order valence-corrected chi connectivity index (χ0v) is 18.9. The number of imide groups is 1. The van der Waals surface area contributed by atoms with Crippen molar-refractivity contribution in [2.24, 2.45) is 17.8 Å². The number of hydrogen-bond acceptors (Lipinski definition) is 5. The molecule has 0 unspecified atom stereocenters. The van der Waals surface area contributed by atoms with Crippen LogP contribution in [0.1, 0.15) is 45.1 Å². The number of phenols is 1. The predicted octanol–water partition coefficient (Wildman–Crippen LogP) is 3.54. The van der Waals surface area contributed by atoms with Crippen molar-refractivity contribution in [1.29, 1.82) is 0 Å². The van der Waals surface area contributed by atoms with E-state index in [1.165, 1.54) is 13.1 Å². The Balaban J connectivity index is 1.79. The van der Waals surface area contributed by atoms with Crippen molar-refractivity contribution in [3.8, 4) is 5.75 Å². The highest BCUT2D eigenvalue weighted by Gasteiger charge is 2.53. The van der Waals surface area contributed by atoms with Crippen LogP contribution in [0.25, 0.3) is 6.08 Å². The average molecular weight is 448 g/mol. The van der Waals surface area contributed by atoms with E-state index in [0.29, 0.717) is 30.7 Å². The third kappa shape index (κ3) is 4.56. The van der Waals surface area contributed by atoms with Crippen LogP contribution in [0, 0.1) is 17.8 Å². The van der Waals surface area contributed by atoms with Crippen molar-refractivity contribution in [3.05, 3.63) is 45.5 Å². The van der Waals surface area contributed by atoms with Crippen molar-refractivity contribution >= 4 is 29.5 Å². The molecule has 1 aromatic rings. The molecule has 3 N–H and O–H groups in total. The van der Waals surface area contributed by atoms with Crippen LogP contribution in [0.4, 0.5) is 0 Å². The maximum atomic E-state index is 12.7. The molecule has 0 aromatic heterocycles. The van der Waals surface area contributed by atoms with E-state index in [1.807, 2.05) is 19.9 Å². The number of aromatic hydroxyl groups is 1. The molecule has 2 amide bonds. The first kappa shape index (κ1) is 23.5. The van der Waals surface area contributed by atoms with E-state index >= 15 is 0 Å². The standard InChI is InChI=1S/C24H30ClNO5/c1-4-14-10-17-22(24(31)26(3)23(17)30)18(12-27)21(14)20(29)8-5-13(2)9-15-6-7-16(28)11-19(15)25/h6-7,9,11,17-18,20,22,27-29H,4-5,8,10,12H2,1-3H3/b13-9+/t17-,18+,20-,22-/m1/s1. The monoisotopic (exact) mass is 447 g/mol. The fraction of sp³-hybridized carbons (Fsp3) is 0.500. The maximum absolute atomic E-state index is 12.7. The molecule has 0 bridgehead atoms. The summed E-state index contributed by atoms with van der Waals surface area (Å²) in [5.41, 5.74) is 3.48. The van der Waals surface area contributed by atoms with E-state index in [2.05, 4.69) is 0 Å². The summed E-state index contributed by atoms with van der Waals surface area (Å²) in [6.45, 7) is 3.64. The fourth-order valence-corrected chi connectivity index (χ4v) is 5.18. The minimum Gasteiger partial charge on any atom is -0.508 e. The van der Waals surface area contributed by atoms with Crippen molar-refractivity contribution in [2.75, 3.05) is 13.7 Å². The number of allylic oxidation sites excluding steroid dienone is 2. The predicted molar refractivity (Wildman–Crippen MR) is 119 cm³/mol. The van der Waals surface area contributed by atoms with E-state index in [1.54, 1.807) is 12.1 Å². The number of halogens is 1. The average Bonchev–Trinajstić information content (AvgIpc) is 2.96. The Morgan fingerprint density at radius 2 is 2.03 bits per heavy atom. The quantitative estimate of drug-likeness (QED) is 0.438. The molecule has 2 aliphatic rings. The molecule has 1 fully saturated rings. The van der Waals surface area contributed by atoms with Gasteiger partial charge < -0.3 is 15.3 Å². The lowest BCUT2D eigenvalue weighted by Gasteiger charge is -2.36. The zero-order chi connectivity index (χ0) is 22.9. The summed E-state index contributed by atoms with van der Waals surface area (Å²) in [4.78, 5) is 26.3. The van der Waals surface area contributed by atoms with Crippen molar-refractivity contribution in [1.82, 2.24) is 4.90 Å². The number of nitrogens with zero attached hydrogens (tertiary/aromatic N) is 1. The molecule has 1 aliphatic heterocycles. The molecule has 0 radical (unpaired) electrons. The summed E-state index contributed by atoms with van der Waals surface area (Å²) in [5.74, 6) is -1.95. The largest absolute Gasteiger partial charge is 0.508 e. The van der Waals surface area contributed by atoms with Gasteiger partial charge in [0.2, 0.25) is 11.8 Å². The summed E-state index contributed by atoms with van der Waals surface area (Å²) in [6.07, 6.45) is 3.26. The van der Waals surface area contributed by atoms with Crippen molar-refractivity contribution < 1.29 is 24.9 Å². The Morgan fingerprint density at radius 3 is 2.65 bits per heavy atom. The van der Waals surface area contributed by atoms with E-state index < -0.39 is 23.9 Å². The van der Waals surface area contributed by atoms with Gasteiger partial charge in [0.05, 0.1) is 29.6 Å². The van der Waals surface area contributed by atoms with Gasteiger partial charge in [0.25, 0.3) is 0 Å². The molecule has 1 aliphatic carbocycles. The first-order chi connectivity index (χ1) is 14.7. The van der Waals surface area contributed by atoms with Crippen LogP contribution in [0.5, 0.6) is 5.75 Å². The number of hydrogen-bond donors (Lipinski definition) is 3. The van der Waals surface area contributed by atoms with Gasteiger partial charge >= 0.3 is 0 Å². The van der Waals surface area contributed by atoms with Gasteiger partial charge in [-0.2, -0.15) is 0 Å². The van der Waals surface area contributed by atoms with Crippen molar-refractivity contribution in [2.45, 2.75) is 45.6 Å².